The van der Waals surface area contributed by atoms with Crippen LogP contribution in [0, 0.1) is 13.8 Å². The first-order valence-corrected chi connectivity index (χ1v) is 8.18. The number of halogens is 2. The Bertz CT molecular complexity index is 571. The lowest BCUT2D eigenvalue weighted by atomic mass is 10.1. The van der Waals surface area contributed by atoms with Crippen molar-refractivity contribution in [3.05, 3.63) is 11.6 Å². The number of carbonyl (C=O) groups excluding carboxylic acids is 1. The molecule has 3 rings (SSSR count). The number of nitrogens with one attached hydrogen (secondary N) is 1. The van der Waals surface area contributed by atoms with Gasteiger partial charge in [-0.1, -0.05) is 0 Å². The number of aryl methyl sites for hydroxylation is 2. The van der Waals surface area contributed by atoms with Crippen LogP contribution >= 0.6 is 24.8 Å². The van der Waals surface area contributed by atoms with Crippen LogP contribution in [0.5, 0.6) is 0 Å². The number of hydrogen-bond acceptors (Lipinski definition) is 6. The van der Waals surface area contributed by atoms with Crippen LogP contribution in [0.4, 0.5) is 0 Å². The van der Waals surface area contributed by atoms with Gasteiger partial charge in [0.1, 0.15) is 17.7 Å². The minimum absolute atomic E-state index is 0. The number of ether oxygens (including phenoxy) is 2. The minimum atomic E-state index is -0.266. The van der Waals surface area contributed by atoms with Crippen molar-refractivity contribution in [1.82, 2.24) is 25.0 Å². The monoisotopic (exact) mass is 395 g/mol. The fourth-order valence-electron chi connectivity index (χ4n) is 3.16. The molecule has 0 bridgehead atoms. The number of rotatable bonds is 3. The number of morpholine rings is 2. The Morgan fingerprint density at radius 1 is 1.28 bits per heavy atom. The molecule has 144 valence electrons. The molecular formula is C15H27Cl2N5O3. The van der Waals surface area contributed by atoms with E-state index >= 15 is 0 Å². The normalized spacial score (nSPS) is 26.5. The molecule has 2 saturated heterocycles. The first kappa shape index (κ1) is 22.1. The summed E-state index contributed by atoms with van der Waals surface area (Å²) in [5.74, 6) is 1.71. The standard InChI is InChI=1S/C15H25N5O3.2ClH/c1-10-14(16-4-6-22-10)15(21)19-5-7-23-13(8-19)9-20-12(3)17-11(2)18-20;;/h10,13-14,16H,4-9H2,1-3H3;2*1H/t10-,13?,14+;;/m1../s1. The summed E-state index contributed by atoms with van der Waals surface area (Å²) in [6.45, 7) is 9.46. The maximum Gasteiger partial charge on any atom is 0.242 e. The highest BCUT2D eigenvalue weighted by atomic mass is 35.5. The van der Waals surface area contributed by atoms with E-state index < -0.39 is 0 Å². The summed E-state index contributed by atoms with van der Waals surface area (Å²) in [6, 6.07) is -0.266. The van der Waals surface area contributed by atoms with Crippen molar-refractivity contribution in [2.45, 2.75) is 45.6 Å². The zero-order valence-electron chi connectivity index (χ0n) is 14.8. The summed E-state index contributed by atoms with van der Waals surface area (Å²) < 4.78 is 13.2. The van der Waals surface area contributed by atoms with Gasteiger partial charge in [0.05, 0.1) is 32.0 Å². The molecule has 1 unspecified atom stereocenters. The Labute approximate surface area is 160 Å². The fraction of sp³-hybridized carbons (Fsp3) is 0.800. The molecule has 0 aliphatic carbocycles. The van der Waals surface area contributed by atoms with Crippen molar-refractivity contribution in [3.8, 4) is 0 Å². The first-order chi connectivity index (χ1) is 11.0. The van der Waals surface area contributed by atoms with E-state index in [0.29, 0.717) is 39.4 Å². The number of nitrogens with zero attached hydrogens (tertiary/aromatic N) is 4. The summed E-state index contributed by atoms with van der Waals surface area (Å²) >= 11 is 0. The van der Waals surface area contributed by atoms with E-state index in [4.69, 9.17) is 9.47 Å². The van der Waals surface area contributed by atoms with Gasteiger partial charge in [-0.2, -0.15) is 5.10 Å². The van der Waals surface area contributed by atoms with Crippen LogP contribution in [-0.2, 0) is 20.8 Å². The molecule has 8 nitrogen and oxygen atoms in total. The average molecular weight is 396 g/mol. The summed E-state index contributed by atoms with van der Waals surface area (Å²) in [5.41, 5.74) is 0. The van der Waals surface area contributed by atoms with Gasteiger partial charge in [-0.3, -0.25) is 4.79 Å². The topological polar surface area (TPSA) is 81.5 Å². The molecule has 2 aliphatic rings. The minimum Gasteiger partial charge on any atom is -0.375 e. The lowest BCUT2D eigenvalue weighted by Crippen LogP contribution is -2.59. The Morgan fingerprint density at radius 3 is 2.68 bits per heavy atom. The Hall–Kier alpha value is -0.930. The number of aromatic nitrogens is 3. The van der Waals surface area contributed by atoms with Crippen LogP contribution in [-0.4, -0.2) is 76.7 Å². The van der Waals surface area contributed by atoms with Crippen molar-refractivity contribution >= 4 is 30.7 Å². The average Bonchev–Trinajstić information content (AvgIpc) is 2.85. The molecule has 3 heterocycles. The second-order valence-electron chi connectivity index (χ2n) is 6.17. The van der Waals surface area contributed by atoms with Crippen molar-refractivity contribution in [1.29, 1.82) is 0 Å². The maximum atomic E-state index is 12.7. The van der Waals surface area contributed by atoms with E-state index in [9.17, 15) is 4.79 Å². The highest BCUT2D eigenvalue weighted by molar-refractivity contribution is 5.85. The predicted molar refractivity (Wildman–Crippen MR) is 97.5 cm³/mol. The molecule has 0 saturated carbocycles. The van der Waals surface area contributed by atoms with Crippen LogP contribution in [0.2, 0.25) is 0 Å². The zero-order chi connectivity index (χ0) is 16.4. The van der Waals surface area contributed by atoms with Gasteiger partial charge in [0.2, 0.25) is 5.91 Å². The van der Waals surface area contributed by atoms with Crippen molar-refractivity contribution in [2.75, 3.05) is 32.8 Å². The number of amides is 1. The van der Waals surface area contributed by atoms with Gasteiger partial charge in [-0.15, -0.1) is 24.8 Å². The maximum absolute atomic E-state index is 12.7. The van der Waals surface area contributed by atoms with E-state index in [0.717, 1.165) is 11.6 Å². The zero-order valence-corrected chi connectivity index (χ0v) is 16.4. The largest absolute Gasteiger partial charge is 0.375 e. The van der Waals surface area contributed by atoms with Crippen LogP contribution in [0.3, 0.4) is 0 Å². The SMILES string of the molecule is Cc1nc(C)n(CC2CN(C(=O)[C@H]3NCCO[C@@H]3C)CCO2)n1.Cl.Cl. The molecule has 0 aromatic carbocycles. The van der Waals surface area contributed by atoms with E-state index in [1.807, 2.05) is 30.4 Å². The van der Waals surface area contributed by atoms with Crippen molar-refractivity contribution < 1.29 is 14.3 Å². The molecule has 2 aliphatic heterocycles. The molecule has 2 fully saturated rings. The third kappa shape index (κ3) is 5.27. The van der Waals surface area contributed by atoms with E-state index in [-0.39, 0.29) is 49.0 Å². The Balaban J connectivity index is 0.00000156. The van der Waals surface area contributed by atoms with E-state index in [1.165, 1.54) is 0 Å². The van der Waals surface area contributed by atoms with Gasteiger partial charge >= 0.3 is 0 Å². The first-order valence-electron chi connectivity index (χ1n) is 8.18. The van der Waals surface area contributed by atoms with Gasteiger partial charge in [-0.05, 0) is 20.8 Å². The smallest absolute Gasteiger partial charge is 0.242 e. The van der Waals surface area contributed by atoms with Gasteiger partial charge in [0.25, 0.3) is 0 Å². The molecule has 10 heteroatoms. The number of carbonyl (C=O) groups is 1. The highest BCUT2D eigenvalue weighted by Crippen LogP contribution is 2.13. The molecule has 1 aromatic rings. The van der Waals surface area contributed by atoms with Gasteiger partial charge in [0, 0.05) is 19.6 Å². The van der Waals surface area contributed by atoms with Gasteiger partial charge in [0.15, 0.2) is 0 Å². The molecule has 1 N–H and O–H groups in total. The van der Waals surface area contributed by atoms with Crippen LogP contribution in [0.15, 0.2) is 0 Å². The summed E-state index contributed by atoms with van der Waals surface area (Å²) in [6.07, 6.45) is -0.162. The highest BCUT2D eigenvalue weighted by Gasteiger charge is 2.34. The molecule has 25 heavy (non-hydrogen) atoms. The van der Waals surface area contributed by atoms with Gasteiger partial charge < -0.3 is 19.7 Å². The molecule has 1 aromatic heterocycles. The lowest BCUT2D eigenvalue weighted by molar-refractivity contribution is -0.147. The fourth-order valence-corrected chi connectivity index (χ4v) is 3.16. The molecule has 1 amide bonds. The van der Waals surface area contributed by atoms with Crippen LogP contribution in [0.25, 0.3) is 0 Å². The van der Waals surface area contributed by atoms with Crippen LogP contribution < -0.4 is 5.32 Å². The second-order valence-corrected chi connectivity index (χ2v) is 6.17. The Morgan fingerprint density at radius 2 is 2.04 bits per heavy atom. The Kier molecular flexibility index (Phi) is 8.56. The molecular weight excluding hydrogens is 369 g/mol. The van der Waals surface area contributed by atoms with Crippen molar-refractivity contribution in [2.24, 2.45) is 0 Å². The van der Waals surface area contributed by atoms with Crippen molar-refractivity contribution in [3.63, 3.8) is 0 Å². The summed E-state index contributed by atoms with van der Waals surface area (Å²) in [4.78, 5) is 18.9. The lowest BCUT2D eigenvalue weighted by Gasteiger charge is -2.38. The number of hydrogen-bond donors (Lipinski definition) is 1. The third-order valence-electron chi connectivity index (χ3n) is 4.37. The van der Waals surface area contributed by atoms with Crippen LogP contribution in [0.1, 0.15) is 18.6 Å². The predicted octanol–water partition coefficient (Wildman–Crippen LogP) is 0.343. The summed E-state index contributed by atoms with van der Waals surface area (Å²) in [7, 11) is 0. The third-order valence-corrected chi connectivity index (χ3v) is 4.37. The molecule has 3 atom stereocenters. The molecule has 0 spiro atoms. The molecule has 0 radical (unpaired) electrons. The quantitative estimate of drug-likeness (QED) is 0.794. The van der Waals surface area contributed by atoms with E-state index in [2.05, 4.69) is 15.4 Å². The summed E-state index contributed by atoms with van der Waals surface area (Å²) in [5, 5.41) is 7.62. The second kappa shape index (κ2) is 9.68. The van der Waals surface area contributed by atoms with E-state index in [1.54, 1.807) is 0 Å². The van der Waals surface area contributed by atoms with Gasteiger partial charge in [-0.25, -0.2) is 9.67 Å².